The van der Waals surface area contributed by atoms with Crippen molar-refractivity contribution in [1.82, 2.24) is 14.5 Å². The van der Waals surface area contributed by atoms with Crippen LogP contribution in [0, 0.1) is 17.8 Å². The molecule has 0 N–H and O–H groups in total. The predicted molar refractivity (Wildman–Crippen MR) is 188 cm³/mol. The molecular formula is C39H43N3O6S. The molecule has 49 heavy (non-hydrogen) atoms. The Morgan fingerprint density at radius 2 is 1.57 bits per heavy atom. The van der Waals surface area contributed by atoms with Gasteiger partial charge in [0.05, 0.1) is 36.3 Å². The summed E-state index contributed by atoms with van der Waals surface area (Å²) in [6.45, 7) is 4.31. The van der Waals surface area contributed by atoms with Gasteiger partial charge < -0.3 is 18.8 Å². The molecule has 5 aromatic rings. The molecule has 0 saturated heterocycles. The highest BCUT2D eigenvalue weighted by Crippen LogP contribution is 2.73. The maximum Gasteiger partial charge on any atom is 0.296 e. The summed E-state index contributed by atoms with van der Waals surface area (Å²) in [4.78, 5) is 9.12. The first-order chi connectivity index (χ1) is 23.7. The Morgan fingerprint density at radius 3 is 2.35 bits per heavy atom. The number of aromatic nitrogens is 3. The van der Waals surface area contributed by atoms with E-state index in [9.17, 15) is 8.42 Å². The van der Waals surface area contributed by atoms with Crippen molar-refractivity contribution in [2.45, 2.75) is 69.0 Å². The van der Waals surface area contributed by atoms with Crippen LogP contribution in [0.25, 0.3) is 32.9 Å². The van der Waals surface area contributed by atoms with Gasteiger partial charge in [-0.15, -0.1) is 0 Å². The normalized spacial score (nSPS) is 24.4. The maximum absolute atomic E-state index is 12.3. The predicted octanol–water partition coefficient (Wildman–Crippen LogP) is 7.40. The van der Waals surface area contributed by atoms with Gasteiger partial charge in [0.2, 0.25) is 5.88 Å². The van der Waals surface area contributed by atoms with E-state index in [0.717, 1.165) is 54.6 Å². The Balaban J connectivity index is 0.705. The molecule has 256 valence electrons. The monoisotopic (exact) mass is 681 g/mol. The summed E-state index contributed by atoms with van der Waals surface area (Å²) in [5.41, 5.74) is 6.19. The molecule has 4 saturated carbocycles. The van der Waals surface area contributed by atoms with Crippen molar-refractivity contribution < 1.29 is 26.8 Å². The SMILES string of the molecule is Cc1ccc(S(=O)(=O)OCCCCOCC23CC(COC4CC(Oc5ccc(-c6ccc7c8cnccc8n(C)c7c6)cn5)C4)(C2)C3)cc1. The van der Waals surface area contributed by atoms with E-state index in [1.807, 2.05) is 31.6 Å². The molecule has 4 fully saturated rings. The van der Waals surface area contributed by atoms with Crippen LogP contribution in [0.2, 0.25) is 0 Å². The molecule has 10 heteroatoms. The molecule has 3 heterocycles. The van der Waals surface area contributed by atoms with Gasteiger partial charge in [-0.05, 0) is 85.8 Å². The van der Waals surface area contributed by atoms with E-state index >= 15 is 0 Å². The summed E-state index contributed by atoms with van der Waals surface area (Å²) in [7, 11) is -1.61. The second-order valence-corrected chi connectivity index (χ2v) is 16.2. The zero-order chi connectivity index (χ0) is 33.6. The summed E-state index contributed by atoms with van der Waals surface area (Å²) >= 11 is 0. The molecule has 0 aliphatic heterocycles. The first-order valence-electron chi connectivity index (χ1n) is 17.3. The lowest BCUT2D eigenvalue weighted by atomic mass is 9.35. The van der Waals surface area contributed by atoms with Crippen molar-refractivity contribution in [2.75, 3.05) is 26.4 Å². The molecule has 0 atom stereocenters. The van der Waals surface area contributed by atoms with Crippen molar-refractivity contribution >= 4 is 31.9 Å². The van der Waals surface area contributed by atoms with Crippen molar-refractivity contribution in [3.63, 3.8) is 0 Å². The summed E-state index contributed by atoms with van der Waals surface area (Å²) in [5, 5.41) is 2.37. The molecule has 9 rings (SSSR count). The Morgan fingerprint density at radius 1 is 0.816 bits per heavy atom. The fourth-order valence-electron chi connectivity index (χ4n) is 8.14. The summed E-state index contributed by atoms with van der Waals surface area (Å²) in [6, 6.07) is 19.3. The van der Waals surface area contributed by atoms with Crippen molar-refractivity contribution in [3.05, 3.63) is 84.8 Å². The van der Waals surface area contributed by atoms with Gasteiger partial charge in [-0.2, -0.15) is 8.42 Å². The van der Waals surface area contributed by atoms with Crippen LogP contribution >= 0.6 is 0 Å². The number of hydrogen-bond donors (Lipinski definition) is 0. The zero-order valence-electron chi connectivity index (χ0n) is 28.1. The number of aryl methyl sites for hydroxylation is 2. The van der Waals surface area contributed by atoms with E-state index in [-0.39, 0.29) is 23.7 Å². The topological polar surface area (TPSA) is 102 Å². The Hall–Kier alpha value is -3.83. The number of ether oxygens (including phenoxy) is 3. The minimum absolute atomic E-state index is 0.144. The second kappa shape index (κ2) is 12.8. The molecular weight excluding hydrogens is 639 g/mol. The van der Waals surface area contributed by atoms with Gasteiger partial charge in [-0.1, -0.05) is 29.8 Å². The van der Waals surface area contributed by atoms with Crippen molar-refractivity contribution in [3.8, 4) is 17.0 Å². The van der Waals surface area contributed by atoms with E-state index in [0.29, 0.717) is 29.7 Å². The van der Waals surface area contributed by atoms with Crippen LogP contribution in [0.15, 0.2) is 84.1 Å². The second-order valence-electron chi connectivity index (χ2n) is 14.6. The van der Waals surface area contributed by atoms with E-state index in [4.69, 9.17) is 18.4 Å². The molecule has 2 bridgehead atoms. The average Bonchev–Trinajstić information content (AvgIpc) is 3.34. The number of nitrogens with zero attached hydrogens (tertiary/aromatic N) is 3. The summed E-state index contributed by atoms with van der Waals surface area (Å²) in [6.07, 6.45) is 12.8. The molecule has 0 radical (unpaired) electrons. The number of fused-ring (bicyclic) bond motifs is 3. The average molecular weight is 682 g/mol. The maximum atomic E-state index is 12.3. The third kappa shape index (κ3) is 6.47. The molecule has 0 amide bonds. The number of unbranched alkanes of at least 4 members (excludes halogenated alkanes) is 1. The van der Waals surface area contributed by atoms with E-state index in [1.165, 1.54) is 35.7 Å². The molecule has 2 aromatic carbocycles. The van der Waals surface area contributed by atoms with Gasteiger partial charge in [-0.25, -0.2) is 4.98 Å². The van der Waals surface area contributed by atoms with Gasteiger partial charge in [0.1, 0.15) is 6.10 Å². The van der Waals surface area contributed by atoms with Gasteiger partial charge in [0.25, 0.3) is 10.1 Å². The Bertz CT molecular complexity index is 2050. The fourth-order valence-corrected chi connectivity index (χ4v) is 9.09. The zero-order valence-corrected chi connectivity index (χ0v) is 29.0. The lowest BCUT2D eigenvalue weighted by Crippen LogP contribution is -2.66. The lowest BCUT2D eigenvalue weighted by molar-refractivity contribution is -0.263. The van der Waals surface area contributed by atoms with Crippen molar-refractivity contribution in [2.24, 2.45) is 17.9 Å². The molecule has 4 aliphatic rings. The van der Waals surface area contributed by atoms with Crippen LogP contribution in [-0.2, 0) is 30.8 Å². The van der Waals surface area contributed by atoms with E-state index in [1.54, 1.807) is 24.3 Å². The van der Waals surface area contributed by atoms with Crippen LogP contribution in [0.3, 0.4) is 0 Å². The summed E-state index contributed by atoms with van der Waals surface area (Å²) < 4.78 is 50.4. The lowest BCUT2D eigenvalue weighted by Gasteiger charge is -2.70. The highest BCUT2D eigenvalue weighted by molar-refractivity contribution is 7.86. The number of benzene rings is 2. The van der Waals surface area contributed by atoms with Crippen LogP contribution in [0.4, 0.5) is 0 Å². The third-order valence-corrected chi connectivity index (χ3v) is 12.1. The molecule has 9 nitrogen and oxygen atoms in total. The smallest absolute Gasteiger partial charge is 0.296 e. The van der Waals surface area contributed by atoms with Gasteiger partial charge in [0.15, 0.2) is 0 Å². The highest BCUT2D eigenvalue weighted by atomic mass is 32.2. The molecule has 0 unspecified atom stereocenters. The quantitative estimate of drug-likeness (QED) is 0.0833. The first-order valence-corrected chi connectivity index (χ1v) is 18.7. The number of rotatable bonds is 15. The molecule has 4 aliphatic carbocycles. The fraction of sp³-hybridized carbons (Fsp3) is 0.436. The van der Waals surface area contributed by atoms with Crippen LogP contribution in [0.1, 0.15) is 50.5 Å². The third-order valence-electron chi connectivity index (χ3n) is 10.7. The number of hydrogen-bond acceptors (Lipinski definition) is 8. The molecule has 0 spiro atoms. The minimum Gasteiger partial charge on any atom is -0.474 e. The van der Waals surface area contributed by atoms with Crippen LogP contribution in [0.5, 0.6) is 5.88 Å². The van der Waals surface area contributed by atoms with E-state index < -0.39 is 10.1 Å². The van der Waals surface area contributed by atoms with Crippen molar-refractivity contribution in [1.29, 1.82) is 0 Å². The van der Waals surface area contributed by atoms with Gasteiger partial charge in [-0.3, -0.25) is 9.17 Å². The Labute approximate surface area is 287 Å². The van der Waals surface area contributed by atoms with Gasteiger partial charge in [0, 0.05) is 73.0 Å². The standard InChI is InChI=1S/C39H43N3O6S/c1-27-5-9-32(10-6-27)49(43,44)47-16-4-3-15-45-25-38-22-39(23-38,24-38)26-46-30-18-31(19-30)48-37-12-8-29(20-41-37)28-7-11-33-34-21-40-14-13-35(34)42(2)36(33)17-28/h5-14,17,20-21,30-31H,3-4,15-16,18-19,22-26H2,1-2H3. The summed E-state index contributed by atoms with van der Waals surface area (Å²) in [5.74, 6) is 0.658. The number of pyridine rings is 2. The van der Waals surface area contributed by atoms with E-state index in [2.05, 4.69) is 51.9 Å². The van der Waals surface area contributed by atoms with Crippen LogP contribution in [-0.4, -0.2) is 61.6 Å². The largest absolute Gasteiger partial charge is 0.474 e. The first kappa shape index (κ1) is 32.4. The minimum atomic E-state index is -3.70. The molecule has 3 aromatic heterocycles. The van der Waals surface area contributed by atoms with Gasteiger partial charge >= 0.3 is 0 Å². The highest BCUT2D eigenvalue weighted by Gasteiger charge is 2.67. The Kier molecular flexibility index (Phi) is 8.46. The van der Waals surface area contributed by atoms with Crippen LogP contribution < -0.4 is 4.74 Å².